The lowest BCUT2D eigenvalue weighted by Gasteiger charge is -2.22. The Morgan fingerprint density at radius 1 is 0.571 bits per heavy atom. The Morgan fingerprint density at radius 2 is 0.935 bits per heavy atom. The van der Waals surface area contributed by atoms with Crippen LogP contribution in [-0.2, 0) is 77.7 Å². The zero-order valence-corrected chi connectivity index (χ0v) is 49.7. The summed E-state index contributed by atoms with van der Waals surface area (Å²) in [4.78, 5) is 76.3. The highest BCUT2D eigenvalue weighted by atomic mass is 35.7. The van der Waals surface area contributed by atoms with E-state index in [1.54, 1.807) is 22.8 Å². The molecule has 0 amide bonds. The smallest absolute Gasteiger partial charge is 0.330 e. The van der Waals surface area contributed by atoms with E-state index in [1.165, 1.54) is 83.3 Å². The first-order valence-electron chi connectivity index (χ1n) is 23.1. The van der Waals surface area contributed by atoms with Gasteiger partial charge in [-0.05, 0) is 11.8 Å². The molecule has 0 radical (unpaired) electrons. The van der Waals surface area contributed by atoms with Crippen LogP contribution in [0.3, 0.4) is 0 Å². The van der Waals surface area contributed by atoms with Crippen molar-refractivity contribution in [3.8, 4) is 0 Å². The van der Waals surface area contributed by atoms with Gasteiger partial charge in [0.25, 0.3) is 36.1 Å². The predicted molar refractivity (Wildman–Crippen MR) is 295 cm³/mol. The summed E-state index contributed by atoms with van der Waals surface area (Å²) in [5.74, 6) is 6.68. The van der Waals surface area contributed by atoms with Crippen molar-refractivity contribution in [1.82, 2.24) is 28.7 Å². The van der Waals surface area contributed by atoms with Gasteiger partial charge in [-0.15, -0.1) is 22.8 Å². The fourth-order valence-electron chi connectivity index (χ4n) is 8.52. The molecule has 428 valence electrons. The molecule has 9 aliphatic heterocycles. The Kier molecular flexibility index (Phi) is 22.4. The van der Waals surface area contributed by atoms with E-state index in [9.17, 15) is 33.9 Å². The van der Waals surface area contributed by atoms with Gasteiger partial charge in [0.1, 0.15) is 60.6 Å². The summed E-state index contributed by atoms with van der Waals surface area (Å²) in [6.45, 7) is -2.79. The molecule has 38 heteroatoms. The molecular formula is C39H52ClN6O21P3S7. The van der Waals surface area contributed by atoms with Crippen molar-refractivity contribution in [1.29, 1.82) is 0 Å². The lowest BCUT2D eigenvalue weighted by molar-refractivity contribution is -0.257. The highest BCUT2D eigenvalue weighted by Gasteiger charge is 2.56. The van der Waals surface area contributed by atoms with Crippen LogP contribution in [0.25, 0.3) is 0 Å². The van der Waals surface area contributed by atoms with Crippen molar-refractivity contribution in [3.63, 3.8) is 0 Å². The number of ether oxygens (including phenoxy) is 12. The number of nitrogens with one attached hydrogen (secondary N) is 3. The number of hydrogen-bond acceptors (Lipinski definition) is 28. The molecule has 12 heterocycles. The van der Waals surface area contributed by atoms with E-state index in [1.807, 2.05) is 45.5 Å². The van der Waals surface area contributed by atoms with Crippen molar-refractivity contribution in [2.24, 2.45) is 0 Å². The third kappa shape index (κ3) is 15.0. The van der Waals surface area contributed by atoms with Crippen LogP contribution in [0.2, 0.25) is 0 Å². The van der Waals surface area contributed by atoms with E-state index >= 15 is 0 Å². The van der Waals surface area contributed by atoms with Gasteiger partial charge in [0.2, 0.25) is 0 Å². The largest absolute Gasteiger partial charge is 0.394 e. The quantitative estimate of drug-likeness (QED) is 0.179. The van der Waals surface area contributed by atoms with E-state index < -0.39 is 138 Å². The van der Waals surface area contributed by atoms with Crippen LogP contribution in [0.5, 0.6) is 0 Å². The Labute approximate surface area is 472 Å². The number of rotatable bonds is 13. The predicted octanol–water partition coefficient (Wildman–Crippen LogP) is 2.81. The van der Waals surface area contributed by atoms with Gasteiger partial charge in [-0.2, -0.15) is 0 Å². The zero-order valence-electron chi connectivity index (χ0n) is 40.5. The average Bonchev–Trinajstić information content (AvgIpc) is 4.36. The normalized spacial score (nSPS) is 34.9. The number of methoxy groups -OCH3 is 3. The second kappa shape index (κ2) is 28.3. The first-order valence-corrected chi connectivity index (χ1v) is 38.9. The minimum Gasteiger partial charge on any atom is -0.394 e. The van der Waals surface area contributed by atoms with Gasteiger partial charge >= 0.3 is 17.1 Å². The van der Waals surface area contributed by atoms with Gasteiger partial charge in [0.15, 0.2) is 29.9 Å². The number of nitrogens with zero attached hydrogens (tertiary/aromatic N) is 3. The van der Waals surface area contributed by atoms with E-state index in [4.69, 9.17) is 88.9 Å². The van der Waals surface area contributed by atoms with Crippen LogP contribution in [-0.4, -0.2) is 184 Å². The molecule has 0 bridgehead atoms. The van der Waals surface area contributed by atoms with Gasteiger partial charge in [-0.3, -0.25) is 43.0 Å². The van der Waals surface area contributed by atoms with E-state index in [-0.39, 0.29) is 18.9 Å². The molecule has 3 aromatic heterocycles. The molecule has 12 rings (SSSR count). The highest BCUT2D eigenvalue weighted by molar-refractivity contribution is 9.00. The number of fused-ring (bicyclic) bond motifs is 3. The molecule has 15 atom stereocenters. The summed E-state index contributed by atoms with van der Waals surface area (Å²) in [5.41, 5.74) is -3.37. The Morgan fingerprint density at radius 3 is 1.30 bits per heavy atom. The molecule has 0 aromatic carbocycles. The second-order valence-electron chi connectivity index (χ2n) is 16.6. The molecule has 9 fully saturated rings. The number of hydrogen-bond donors (Lipinski definition) is 4. The van der Waals surface area contributed by atoms with E-state index in [0.717, 1.165) is 23.0 Å². The monoisotopic (exact) mass is 1290 g/mol. The number of halogens is 1. The Balaban J connectivity index is 0.000000134. The molecular weight excluding hydrogens is 1240 g/mol. The molecule has 0 aliphatic carbocycles. The summed E-state index contributed by atoms with van der Waals surface area (Å²) in [6.07, 6.45) is -2.84. The van der Waals surface area contributed by atoms with E-state index in [0.29, 0.717) is 6.61 Å². The fourth-order valence-corrected chi connectivity index (χ4v) is 30.7. The molecule has 0 saturated carbocycles. The molecule has 27 nitrogen and oxygen atoms in total. The topological polar surface area (TPSA) is 314 Å². The maximum atomic E-state index is 12.1. The summed E-state index contributed by atoms with van der Waals surface area (Å²) in [5, 5.41) is 9.30. The van der Waals surface area contributed by atoms with Gasteiger partial charge in [0.05, 0.1) is 19.8 Å². The average molecular weight is 1290 g/mol. The van der Waals surface area contributed by atoms with Crippen LogP contribution >= 0.6 is 96.4 Å². The van der Waals surface area contributed by atoms with Crippen molar-refractivity contribution in [2.45, 2.75) is 93.0 Å². The standard InChI is InChI=1S/C13H17N2O7PS3.C13H17N2O7PS2.C11H14N2O7.C2H4ClPS2/c1-18-13-21-9-7(6-19-23(24)25-4-5-26-23)20-11(10(9)22-13)15-3-2-8(16)14-12(15)17;1-18-13-21-9-7(6-19-23-24-4-5-25-23)20-11(10(9)22-13)15-3-2-8(16)14-12(15)17;1-17-11-19-7-5(4-14)18-9(8(7)20-11)13-3-2-6(15)12-10(13)16;3-4-5-1-2-6-4/h2-3,7,9-11,13H,4-6H2,1H3,(H,14,16,17);2-3,7,9-11,13H,4-6H2,1H3,(H,14,16,17);2-3,5,7-9,11,14H,4H2,1H3,(H,12,15,16);1-2H2/t2*7-,9+,10?,11-,13?;5-,7+,8?,9-,11?;/m111./s1. The lowest BCUT2D eigenvalue weighted by Crippen LogP contribution is -2.36. The first kappa shape index (κ1) is 60.9. The van der Waals surface area contributed by atoms with Gasteiger partial charge < -0.3 is 71.0 Å². The highest BCUT2D eigenvalue weighted by Crippen LogP contribution is 2.74. The van der Waals surface area contributed by atoms with Crippen molar-refractivity contribution >= 4 is 108 Å². The molecule has 6 unspecified atom stereocenters. The minimum atomic E-state index is -1.95. The Bertz CT molecular complexity index is 2860. The molecule has 9 aliphatic rings. The summed E-state index contributed by atoms with van der Waals surface area (Å²) < 4.78 is 80.3. The van der Waals surface area contributed by atoms with E-state index in [2.05, 4.69) is 15.0 Å². The SMILES string of the molecule is COC1OC2[C@@H](O1)[C@@H](CO)O[C@H]2n1ccc(=O)[nH]c1=O.COC1OC2[C@@H](O1)[C@@H](COP1(=S)SCCS1)O[C@H]2n1ccc(=O)[nH]c1=O.COC1OC2[C@@H](O1)[C@@H](COP1SCCS1)O[C@H]2n1ccc(=O)[nH]c1=O.ClP1SCCS1. The van der Waals surface area contributed by atoms with Gasteiger partial charge in [-0.1, -0.05) is 56.8 Å². The maximum absolute atomic E-state index is 12.1. The number of H-pyrrole nitrogens is 3. The van der Waals surface area contributed by atoms with Gasteiger partial charge in [0, 0.05) is 92.6 Å². The van der Waals surface area contributed by atoms with Crippen molar-refractivity contribution in [2.75, 3.05) is 75.7 Å². The molecule has 9 saturated heterocycles. The zero-order chi connectivity index (χ0) is 54.4. The second-order valence-corrected chi connectivity index (χ2v) is 42.0. The number of aliphatic hydroxyl groups is 1. The fraction of sp³-hybridized carbons (Fsp3) is 0.692. The molecule has 77 heavy (non-hydrogen) atoms. The molecule has 4 N–H and O–H groups in total. The van der Waals surface area contributed by atoms with Crippen LogP contribution in [0.15, 0.2) is 65.6 Å². The Hall–Kier alpha value is -0.660. The van der Waals surface area contributed by atoms with Crippen LogP contribution < -0.4 is 33.7 Å². The maximum Gasteiger partial charge on any atom is 0.330 e. The number of aromatic amines is 3. The van der Waals surface area contributed by atoms with Crippen molar-refractivity contribution in [3.05, 3.63) is 99.3 Å². The van der Waals surface area contributed by atoms with Crippen LogP contribution in [0.4, 0.5) is 0 Å². The minimum absolute atomic E-state index is 0.159. The van der Waals surface area contributed by atoms with Gasteiger partial charge in [-0.25, -0.2) is 14.4 Å². The first-order chi connectivity index (χ1) is 37.2. The summed E-state index contributed by atoms with van der Waals surface area (Å²) in [6, 6.07) is 3.72. The number of aromatic nitrogens is 6. The molecule has 3 aromatic rings. The number of aliphatic hydroxyl groups excluding tert-OH is 1. The van der Waals surface area contributed by atoms with Crippen LogP contribution in [0.1, 0.15) is 18.7 Å². The molecule has 0 spiro atoms. The summed E-state index contributed by atoms with van der Waals surface area (Å²) in [7, 11) is 4.37. The van der Waals surface area contributed by atoms with Crippen molar-refractivity contribution < 1.29 is 71.0 Å². The third-order valence-corrected chi connectivity index (χ3v) is 35.8. The van der Waals surface area contributed by atoms with Crippen LogP contribution in [0, 0.1) is 0 Å². The third-order valence-electron chi connectivity index (χ3n) is 11.9. The summed E-state index contributed by atoms with van der Waals surface area (Å²) >= 11 is 22.1. The lowest BCUT2D eigenvalue weighted by atomic mass is 10.1.